The highest BCUT2D eigenvalue weighted by atomic mass is 15.2. The van der Waals surface area contributed by atoms with Crippen molar-refractivity contribution in [2.24, 2.45) is 11.7 Å². The number of nitrogens with zero attached hydrogens (tertiary/aromatic N) is 2. The Morgan fingerprint density at radius 2 is 1.76 bits per heavy atom. The Kier molecular flexibility index (Phi) is 7.09. The predicted molar refractivity (Wildman–Crippen MR) is 75.2 cm³/mol. The summed E-state index contributed by atoms with van der Waals surface area (Å²) in [6.45, 7) is 10.6. The van der Waals surface area contributed by atoms with E-state index in [4.69, 9.17) is 5.73 Å². The summed E-state index contributed by atoms with van der Waals surface area (Å²) in [5.41, 5.74) is 6.07. The molecule has 3 nitrogen and oxygen atoms in total. The van der Waals surface area contributed by atoms with E-state index in [9.17, 15) is 0 Å². The summed E-state index contributed by atoms with van der Waals surface area (Å²) in [7, 11) is 2.22. The lowest BCUT2D eigenvalue weighted by Crippen LogP contribution is -2.38. The molecule has 0 aromatic rings. The maximum atomic E-state index is 6.07. The van der Waals surface area contributed by atoms with Gasteiger partial charge in [-0.25, -0.2) is 0 Å². The Morgan fingerprint density at radius 1 is 1.12 bits per heavy atom. The molecule has 0 spiro atoms. The van der Waals surface area contributed by atoms with E-state index in [0.29, 0.717) is 12.0 Å². The summed E-state index contributed by atoms with van der Waals surface area (Å²) in [6, 6.07) is 0.354. The van der Waals surface area contributed by atoms with Crippen molar-refractivity contribution in [1.29, 1.82) is 0 Å². The standard InChI is InChI=1S/C14H31N3/c1-13(2)14(15)7-10-16(3)11-12-17-8-5-4-6-9-17/h13-14H,4-12,15H2,1-3H3. The Balaban J connectivity index is 2.05. The summed E-state index contributed by atoms with van der Waals surface area (Å²) in [4.78, 5) is 5.03. The topological polar surface area (TPSA) is 32.5 Å². The number of nitrogens with two attached hydrogens (primary N) is 1. The van der Waals surface area contributed by atoms with E-state index in [1.54, 1.807) is 0 Å². The third-order valence-corrected chi connectivity index (χ3v) is 3.95. The van der Waals surface area contributed by atoms with Crippen molar-refractivity contribution >= 4 is 0 Å². The van der Waals surface area contributed by atoms with Crippen LogP contribution in [0.2, 0.25) is 0 Å². The molecule has 3 heteroatoms. The van der Waals surface area contributed by atoms with Crippen molar-refractivity contribution in [1.82, 2.24) is 9.80 Å². The highest BCUT2D eigenvalue weighted by Crippen LogP contribution is 2.08. The quantitative estimate of drug-likeness (QED) is 0.737. The molecule has 102 valence electrons. The van der Waals surface area contributed by atoms with Crippen molar-refractivity contribution in [2.45, 2.75) is 45.6 Å². The van der Waals surface area contributed by atoms with Crippen LogP contribution in [0.15, 0.2) is 0 Å². The largest absolute Gasteiger partial charge is 0.327 e. The molecule has 1 aliphatic rings. The predicted octanol–water partition coefficient (Wildman–Crippen LogP) is 1.78. The van der Waals surface area contributed by atoms with Crippen LogP contribution in [0.5, 0.6) is 0 Å². The van der Waals surface area contributed by atoms with E-state index in [2.05, 4.69) is 30.7 Å². The Labute approximate surface area is 107 Å². The van der Waals surface area contributed by atoms with Gasteiger partial charge < -0.3 is 15.5 Å². The first-order valence-electron chi connectivity index (χ1n) is 7.26. The van der Waals surface area contributed by atoms with Gasteiger partial charge in [-0.2, -0.15) is 0 Å². The Bertz CT molecular complexity index is 188. The number of rotatable bonds is 7. The molecular weight excluding hydrogens is 210 g/mol. The fourth-order valence-corrected chi connectivity index (χ4v) is 2.31. The van der Waals surface area contributed by atoms with Gasteiger partial charge in [-0.1, -0.05) is 20.3 Å². The highest BCUT2D eigenvalue weighted by Gasteiger charge is 2.12. The summed E-state index contributed by atoms with van der Waals surface area (Å²) in [6.07, 6.45) is 5.33. The van der Waals surface area contributed by atoms with Crippen LogP contribution in [0.1, 0.15) is 39.5 Å². The van der Waals surface area contributed by atoms with E-state index in [-0.39, 0.29) is 0 Å². The SMILES string of the molecule is CC(C)C(N)CCN(C)CCN1CCCCC1. The van der Waals surface area contributed by atoms with Gasteiger partial charge in [0, 0.05) is 19.1 Å². The number of piperidine rings is 1. The monoisotopic (exact) mass is 241 g/mol. The van der Waals surface area contributed by atoms with Crippen molar-refractivity contribution < 1.29 is 0 Å². The van der Waals surface area contributed by atoms with Crippen LogP contribution in [0.25, 0.3) is 0 Å². The summed E-state index contributed by atoms with van der Waals surface area (Å²) in [5, 5.41) is 0. The zero-order chi connectivity index (χ0) is 12.7. The van der Waals surface area contributed by atoms with Crippen LogP contribution in [0.3, 0.4) is 0 Å². The molecule has 0 aromatic carbocycles. The van der Waals surface area contributed by atoms with Crippen LogP contribution < -0.4 is 5.73 Å². The average Bonchev–Trinajstić information content (AvgIpc) is 2.34. The highest BCUT2D eigenvalue weighted by molar-refractivity contribution is 4.69. The summed E-state index contributed by atoms with van der Waals surface area (Å²) < 4.78 is 0. The lowest BCUT2D eigenvalue weighted by Gasteiger charge is -2.29. The minimum Gasteiger partial charge on any atom is -0.327 e. The van der Waals surface area contributed by atoms with E-state index in [1.807, 2.05) is 0 Å². The molecule has 0 radical (unpaired) electrons. The first-order valence-corrected chi connectivity index (χ1v) is 7.26. The third-order valence-electron chi connectivity index (χ3n) is 3.95. The molecule has 2 N–H and O–H groups in total. The Hall–Kier alpha value is -0.120. The minimum atomic E-state index is 0.354. The molecule has 0 bridgehead atoms. The molecule has 0 aromatic heterocycles. The second-order valence-corrected chi connectivity index (χ2v) is 5.90. The van der Waals surface area contributed by atoms with Crippen LogP contribution in [0, 0.1) is 5.92 Å². The lowest BCUT2D eigenvalue weighted by molar-refractivity contribution is 0.193. The fourth-order valence-electron chi connectivity index (χ4n) is 2.31. The average molecular weight is 241 g/mol. The second-order valence-electron chi connectivity index (χ2n) is 5.90. The molecule has 0 aliphatic carbocycles. The maximum absolute atomic E-state index is 6.07. The third kappa shape index (κ3) is 6.39. The van der Waals surface area contributed by atoms with Gasteiger partial charge in [0.1, 0.15) is 0 Å². The first kappa shape index (κ1) is 14.9. The molecule has 0 saturated carbocycles. The number of likely N-dealkylation sites (N-methyl/N-ethyl adjacent to an activating group) is 1. The normalized spacial score (nSPS) is 20.1. The molecule has 1 aliphatic heterocycles. The molecule has 1 atom stereocenters. The summed E-state index contributed by atoms with van der Waals surface area (Å²) >= 11 is 0. The molecule has 0 amide bonds. The van der Waals surface area contributed by atoms with Gasteiger partial charge in [-0.05, 0) is 51.9 Å². The molecule has 1 fully saturated rings. The lowest BCUT2D eigenvalue weighted by atomic mass is 10.0. The van der Waals surface area contributed by atoms with Gasteiger partial charge >= 0.3 is 0 Å². The molecular formula is C14H31N3. The van der Waals surface area contributed by atoms with Crippen molar-refractivity contribution in [3.8, 4) is 0 Å². The van der Waals surface area contributed by atoms with Gasteiger partial charge in [0.05, 0.1) is 0 Å². The number of hydrogen-bond acceptors (Lipinski definition) is 3. The van der Waals surface area contributed by atoms with E-state index in [0.717, 1.165) is 13.0 Å². The fraction of sp³-hybridized carbons (Fsp3) is 1.00. The van der Waals surface area contributed by atoms with Crippen molar-refractivity contribution in [3.05, 3.63) is 0 Å². The van der Waals surface area contributed by atoms with E-state index < -0.39 is 0 Å². The first-order chi connectivity index (χ1) is 8.09. The summed E-state index contributed by atoms with van der Waals surface area (Å²) in [5.74, 6) is 0.602. The smallest absolute Gasteiger partial charge is 0.0109 e. The molecule has 1 heterocycles. The maximum Gasteiger partial charge on any atom is 0.0109 e. The molecule has 1 saturated heterocycles. The molecule has 17 heavy (non-hydrogen) atoms. The van der Waals surface area contributed by atoms with Crippen LogP contribution in [-0.2, 0) is 0 Å². The van der Waals surface area contributed by atoms with E-state index >= 15 is 0 Å². The van der Waals surface area contributed by atoms with Gasteiger partial charge in [0.15, 0.2) is 0 Å². The minimum absolute atomic E-state index is 0.354. The van der Waals surface area contributed by atoms with Crippen molar-refractivity contribution in [3.63, 3.8) is 0 Å². The van der Waals surface area contributed by atoms with Gasteiger partial charge in [0.25, 0.3) is 0 Å². The van der Waals surface area contributed by atoms with Crippen LogP contribution >= 0.6 is 0 Å². The number of likely N-dealkylation sites (tertiary alicyclic amines) is 1. The zero-order valence-corrected chi connectivity index (χ0v) is 12.0. The molecule has 1 rings (SSSR count). The van der Waals surface area contributed by atoms with Crippen LogP contribution in [-0.4, -0.2) is 55.6 Å². The Morgan fingerprint density at radius 3 is 2.35 bits per heavy atom. The van der Waals surface area contributed by atoms with Gasteiger partial charge in [0.2, 0.25) is 0 Å². The van der Waals surface area contributed by atoms with Crippen molar-refractivity contribution in [2.75, 3.05) is 39.8 Å². The van der Waals surface area contributed by atoms with Gasteiger partial charge in [-0.15, -0.1) is 0 Å². The number of hydrogen-bond donors (Lipinski definition) is 1. The second kappa shape index (κ2) is 8.06. The van der Waals surface area contributed by atoms with E-state index in [1.165, 1.54) is 45.4 Å². The van der Waals surface area contributed by atoms with Gasteiger partial charge in [-0.3, -0.25) is 0 Å². The van der Waals surface area contributed by atoms with Crippen LogP contribution in [0.4, 0.5) is 0 Å². The molecule has 1 unspecified atom stereocenters. The zero-order valence-electron chi connectivity index (χ0n) is 12.0.